The normalized spacial score (nSPS) is 11.4. The zero-order valence-corrected chi connectivity index (χ0v) is 11.4. The number of hydrogen-bond donors (Lipinski definition) is 1. The monoisotopic (exact) mass is 312 g/mol. The number of ketones is 1. The van der Waals surface area contributed by atoms with Crippen LogP contribution in [-0.2, 0) is 0 Å². The fourth-order valence-corrected chi connectivity index (χ4v) is 1.86. The maximum atomic E-state index is 13.0. The summed E-state index contributed by atoms with van der Waals surface area (Å²) < 4.78 is 13.0. The fraction of sp³-hybridized carbons (Fsp3) is 0. The highest BCUT2D eigenvalue weighted by atomic mass is 35.5. The first-order chi connectivity index (χ1) is 9.52. The van der Waals surface area contributed by atoms with Crippen molar-refractivity contribution in [2.45, 2.75) is 0 Å². The molecule has 0 saturated heterocycles. The number of aromatic nitrogens is 1. The van der Waals surface area contributed by atoms with Gasteiger partial charge in [0.05, 0.1) is 10.0 Å². The molecule has 4 nitrogen and oxygen atoms in total. The molecule has 0 aliphatic carbocycles. The average molecular weight is 313 g/mol. The van der Waals surface area contributed by atoms with Crippen molar-refractivity contribution in [2.24, 2.45) is 5.16 Å². The molecule has 0 saturated carbocycles. The van der Waals surface area contributed by atoms with E-state index in [2.05, 4.69) is 10.1 Å². The van der Waals surface area contributed by atoms with Crippen LogP contribution in [0.15, 0.2) is 41.7 Å². The van der Waals surface area contributed by atoms with Crippen molar-refractivity contribution in [3.63, 3.8) is 0 Å². The SMILES string of the molecule is O=C(C(=NO)c1ccnc(F)c1)c1ccc(Cl)c(Cl)c1. The second-order valence-electron chi connectivity index (χ2n) is 3.77. The van der Waals surface area contributed by atoms with E-state index >= 15 is 0 Å². The van der Waals surface area contributed by atoms with E-state index in [-0.39, 0.29) is 21.9 Å². The highest BCUT2D eigenvalue weighted by Crippen LogP contribution is 2.23. The first kappa shape index (κ1) is 14.4. The molecule has 7 heteroatoms. The number of benzene rings is 1. The molecule has 0 unspecified atom stereocenters. The Morgan fingerprint density at radius 3 is 2.50 bits per heavy atom. The molecule has 1 aromatic heterocycles. The molecule has 0 atom stereocenters. The number of carbonyl (C=O) groups excluding carboxylic acids is 1. The lowest BCUT2D eigenvalue weighted by molar-refractivity contribution is 0.106. The largest absolute Gasteiger partial charge is 0.410 e. The van der Waals surface area contributed by atoms with Crippen molar-refractivity contribution < 1.29 is 14.4 Å². The van der Waals surface area contributed by atoms with Crippen molar-refractivity contribution in [3.8, 4) is 0 Å². The Kier molecular flexibility index (Phi) is 4.32. The van der Waals surface area contributed by atoms with E-state index in [0.29, 0.717) is 5.02 Å². The summed E-state index contributed by atoms with van der Waals surface area (Å²) in [5.41, 5.74) is -0.0369. The molecule has 0 spiro atoms. The maximum Gasteiger partial charge on any atom is 0.215 e. The summed E-state index contributed by atoms with van der Waals surface area (Å²) in [6.45, 7) is 0. The van der Waals surface area contributed by atoms with Gasteiger partial charge < -0.3 is 5.21 Å². The van der Waals surface area contributed by atoms with E-state index in [1.807, 2.05) is 0 Å². The first-order valence-electron chi connectivity index (χ1n) is 5.36. The molecular weight excluding hydrogens is 306 g/mol. The zero-order valence-electron chi connectivity index (χ0n) is 9.85. The van der Waals surface area contributed by atoms with Crippen LogP contribution in [0, 0.1) is 5.95 Å². The summed E-state index contributed by atoms with van der Waals surface area (Å²) in [6.07, 6.45) is 1.16. The molecule has 0 aliphatic heterocycles. The molecule has 20 heavy (non-hydrogen) atoms. The number of carbonyl (C=O) groups is 1. The van der Waals surface area contributed by atoms with Gasteiger partial charge in [0.15, 0.2) is 5.71 Å². The Morgan fingerprint density at radius 2 is 1.90 bits per heavy atom. The van der Waals surface area contributed by atoms with Crippen LogP contribution in [-0.4, -0.2) is 21.7 Å². The molecule has 2 rings (SSSR count). The molecular formula is C13H7Cl2FN2O2. The van der Waals surface area contributed by atoms with Gasteiger partial charge in [-0.25, -0.2) is 4.98 Å². The lowest BCUT2D eigenvalue weighted by Crippen LogP contribution is -2.16. The lowest BCUT2D eigenvalue weighted by Gasteiger charge is -2.05. The number of Topliss-reactive ketones (excluding diaryl/α,β-unsaturated/α-hetero) is 1. The van der Waals surface area contributed by atoms with E-state index in [1.165, 1.54) is 24.3 Å². The standard InChI is InChI=1S/C13H7Cl2FN2O2/c14-9-2-1-8(5-10(9)15)13(19)12(18-20)7-3-4-17-11(16)6-7/h1-6,20H. The number of oxime groups is 1. The zero-order chi connectivity index (χ0) is 14.7. The van der Waals surface area contributed by atoms with Crippen LogP contribution in [0.3, 0.4) is 0 Å². The van der Waals surface area contributed by atoms with Crippen LogP contribution in [0.25, 0.3) is 0 Å². The van der Waals surface area contributed by atoms with Crippen LogP contribution < -0.4 is 0 Å². The van der Waals surface area contributed by atoms with Gasteiger partial charge in [-0.15, -0.1) is 0 Å². The summed E-state index contributed by atoms with van der Waals surface area (Å²) in [7, 11) is 0. The summed E-state index contributed by atoms with van der Waals surface area (Å²) in [6, 6.07) is 6.56. The first-order valence-corrected chi connectivity index (χ1v) is 6.12. The van der Waals surface area contributed by atoms with Gasteiger partial charge >= 0.3 is 0 Å². The molecule has 0 aliphatic rings. The van der Waals surface area contributed by atoms with Crippen LogP contribution >= 0.6 is 23.2 Å². The molecule has 2 aromatic rings. The summed E-state index contributed by atoms with van der Waals surface area (Å²) in [5, 5.41) is 12.4. The van der Waals surface area contributed by atoms with Crippen molar-refractivity contribution in [2.75, 3.05) is 0 Å². The predicted molar refractivity (Wildman–Crippen MR) is 73.3 cm³/mol. The molecule has 1 N–H and O–H groups in total. The van der Waals surface area contributed by atoms with Gasteiger partial charge in [0, 0.05) is 23.4 Å². The third-order valence-electron chi connectivity index (χ3n) is 2.50. The minimum absolute atomic E-state index is 0.107. The topological polar surface area (TPSA) is 62.5 Å². The Balaban J connectivity index is 2.42. The second kappa shape index (κ2) is 5.98. The van der Waals surface area contributed by atoms with E-state index < -0.39 is 11.7 Å². The van der Waals surface area contributed by atoms with Gasteiger partial charge in [0.2, 0.25) is 11.7 Å². The Hall–Kier alpha value is -1.98. The highest BCUT2D eigenvalue weighted by molar-refractivity contribution is 6.52. The summed E-state index contributed by atoms with van der Waals surface area (Å²) >= 11 is 11.6. The van der Waals surface area contributed by atoms with Gasteiger partial charge in [-0.3, -0.25) is 4.79 Å². The van der Waals surface area contributed by atoms with E-state index in [0.717, 1.165) is 12.3 Å². The number of nitrogens with zero attached hydrogens (tertiary/aromatic N) is 2. The van der Waals surface area contributed by atoms with Gasteiger partial charge in [0.1, 0.15) is 0 Å². The maximum absolute atomic E-state index is 13.0. The molecule has 0 bridgehead atoms. The van der Waals surface area contributed by atoms with Crippen molar-refractivity contribution in [1.29, 1.82) is 0 Å². The third kappa shape index (κ3) is 2.95. The molecule has 0 radical (unpaired) electrons. The molecule has 1 heterocycles. The van der Waals surface area contributed by atoms with Crippen LogP contribution in [0.5, 0.6) is 0 Å². The fourth-order valence-electron chi connectivity index (χ4n) is 1.56. The number of hydrogen-bond acceptors (Lipinski definition) is 4. The minimum atomic E-state index is -0.786. The minimum Gasteiger partial charge on any atom is -0.410 e. The number of rotatable bonds is 3. The highest BCUT2D eigenvalue weighted by Gasteiger charge is 2.18. The van der Waals surface area contributed by atoms with Gasteiger partial charge in [-0.1, -0.05) is 28.4 Å². The Labute approximate surface area is 123 Å². The van der Waals surface area contributed by atoms with Gasteiger partial charge in [0.25, 0.3) is 0 Å². The van der Waals surface area contributed by atoms with Crippen molar-refractivity contribution in [3.05, 3.63) is 63.6 Å². The van der Waals surface area contributed by atoms with E-state index in [1.54, 1.807) is 0 Å². The quantitative estimate of drug-likeness (QED) is 0.310. The Morgan fingerprint density at radius 1 is 1.15 bits per heavy atom. The average Bonchev–Trinajstić information content (AvgIpc) is 2.42. The van der Waals surface area contributed by atoms with Crippen LogP contribution in [0.1, 0.15) is 15.9 Å². The van der Waals surface area contributed by atoms with Crippen molar-refractivity contribution in [1.82, 2.24) is 4.98 Å². The van der Waals surface area contributed by atoms with Crippen LogP contribution in [0.2, 0.25) is 10.0 Å². The lowest BCUT2D eigenvalue weighted by atomic mass is 10.0. The van der Waals surface area contributed by atoms with E-state index in [4.69, 9.17) is 28.4 Å². The molecule has 1 aromatic carbocycles. The summed E-state index contributed by atoms with van der Waals surface area (Å²) in [4.78, 5) is 15.6. The summed E-state index contributed by atoms with van der Waals surface area (Å²) in [5.74, 6) is -1.40. The number of pyridine rings is 1. The van der Waals surface area contributed by atoms with E-state index in [9.17, 15) is 9.18 Å². The Bertz CT molecular complexity index is 705. The predicted octanol–water partition coefficient (Wildman–Crippen LogP) is 3.59. The third-order valence-corrected chi connectivity index (χ3v) is 3.24. The smallest absolute Gasteiger partial charge is 0.215 e. The van der Waals surface area contributed by atoms with Gasteiger partial charge in [-0.2, -0.15) is 4.39 Å². The molecule has 102 valence electrons. The van der Waals surface area contributed by atoms with Crippen LogP contribution in [0.4, 0.5) is 4.39 Å². The van der Waals surface area contributed by atoms with Gasteiger partial charge in [-0.05, 0) is 24.3 Å². The number of halogens is 3. The second-order valence-corrected chi connectivity index (χ2v) is 4.59. The molecule has 0 fully saturated rings. The van der Waals surface area contributed by atoms with Crippen molar-refractivity contribution >= 4 is 34.7 Å². The molecule has 0 amide bonds.